The van der Waals surface area contributed by atoms with Crippen LogP contribution in [0.2, 0.25) is 0 Å². The molecule has 4 rings (SSSR count). The molecule has 0 bridgehead atoms. The largest absolute Gasteiger partial charge is 0.497 e. The van der Waals surface area contributed by atoms with Gasteiger partial charge in [-0.2, -0.15) is 0 Å². The molecule has 2 N–H and O–H groups in total. The normalized spacial score (nSPS) is 10.6. The summed E-state index contributed by atoms with van der Waals surface area (Å²) >= 11 is 0. The van der Waals surface area contributed by atoms with E-state index in [9.17, 15) is 9.59 Å². The van der Waals surface area contributed by atoms with Gasteiger partial charge < -0.3 is 24.8 Å². The molecule has 9 nitrogen and oxygen atoms in total. The third-order valence-corrected chi connectivity index (χ3v) is 5.07. The number of fused-ring (bicyclic) bond motifs is 1. The van der Waals surface area contributed by atoms with Crippen molar-refractivity contribution in [1.82, 2.24) is 9.38 Å². The Morgan fingerprint density at radius 1 is 0.971 bits per heavy atom. The van der Waals surface area contributed by atoms with Crippen LogP contribution in [0.4, 0.5) is 16.2 Å². The van der Waals surface area contributed by atoms with Crippen LogP contribution in [0, 0.1) is 6.92 Å². The summed E-state index contributed by atoms with van der Waals surface area (Å²) in [5.74, 6) is 1.61. The van der Waals surface area contributed by atoms with Crippen molar-refractivity contribution in [3.8, 4) is 17.2 Å². The Hall–Kier alpha value is -4.53. The number of nitrogens with zero attached hydrogens (tertiary/aromatic N) is 2. The second kappa shape index (κ2) is 9.95. The molecule has 0 unspecified atom stereocenters. The van der Waals surface area contributed by atoms with E-state index in [1.165, 1.54) is 17.6 Å². The van der Waals surface area contributed by atoms with Gasteiger partial charge in [-0.15, -0.1) is 0 Å². The highest BCUT2D eigenvalue weighted by molar-refractivity contribution is 6.00. The minimum atomic E-state index is -0.455. The van der Waals surface area contributed by atoms with Gasteiger partial charge >= 0.3 is 6.03 Å². The Morgan fingerprint density at radius 2 is 1.82 bits per heavy atom. The first-order valence-corrected chi connectivity index (χ1v) is 10.5. The van der Waals surface area contributed by atoms with E-state index in [0.717, 1.165) is 5.56 Å². The lowest BCUT2D eigenvalue weighted by Crippen LogP contribution is -2.20. The van der Waals surface area contributed by atoms with Crippen LogP contribution >= 0.6 is 0 Å². The predicted molar refractivity (Wildman–Crippen MR) is 129 cm³/mol. The summed E-state index contributed by atoms with van der Waals surface area (Å²) in [6.45, 7) is 2.00. The Labute approximate surface area is 195 Å². The number of pyridine rings is 1. The fourth-order valence-corrected chi connectivity index (χ4v) is 3.40. The molecular formula is C25H24N4O5. The van der Waals surface area contributed by atoms with Crippen LogP contribution in [0.3, 0.4) is 0 Å². The number of nitrogens with one attached hydrogen (secondary N) is 2. The van der Waals surface area contributed by atoms with Crippen LogP contribution in [0.1, 0.15) is 11.3 Å². The summed E-state index contributed by atoms with van der Waals surface area (Å²) in [5, 5.41) is 5.51. The summed E-state index contributed by atoms with van der Waals surface area (Å²) in [6.07, 6.45) is 1.68. The summed E-state index contributed by atoms with van der Waals surface area (Å²) < 4.78 is 17.8. The minimum absolute atomic E-state index is 0.108. The molecule has 34 heavy (non-hydrogen) atoms. The number of carbonyl (C=O) groups is 1. The highest BCUT2D eigenvalue weighted by atomic mass is 16.5. The molecule has 0 aliphatic rings. The number of anilines is 2. The van der Waals surface area contributed by atoms with Crippen molar-refractivity contribution in [3.63, 3.8) is 0 Å². The number of aromatic nitrogens is 2. The minimum Gasteiger partial charge on any atom is -0.497 e. The molecule has 2 heterocycles. The highest BCUT2D eigenvalue weighted by Crippen LogP contribution is 2.29. The van der Waals surface area contributed by atoms with Crippen molar-refractivity contribution in [2.45, 2.75) is 13.5 Å². The van der Waals surface area contributed by atoms with Crippen molar-refractivity contribution >= 4 is 23.1 Å². The van der Waals surface area contributed by atoms with Gasteiger partial charge in [0.2, 0.25) is 0 Å². The summed E-state index contributed by atoms with van der Waals surface area (Å²) in [7, 11) is 3.06. The zero-order valence-electron chi connectivity index (χ0n) is 19.0. The predicted octanol–water partition coefficient (Wildman–Crippen LogP) is 4.24. The topological polar surface area (TPSA) is 103 Å². The van der Waals surface area contributed by atoms with E-state index in [-0.39, 0.29) is 12.2 Å². The number of urea groups is 1. The molecule has 0 aliphatic heterocycles. The average Bonchev–Trinajstić information content (AvgIpc) is 2.83. The van der Waals surface area contributed by atoms with Crippen LogP contribution in [0.5, 0.6) is 17.2 Å². The third kappa shape index (κ3) is 5.09. The van der Waals surface area contributed by atoms with Gasteiger partial charge in [0.15, 0.2) is 0 Å². The van der Waals surface area contributed by atoms with E-state index < -0.39 is 6.03 Å². The van der Waals surface area contributed by atoms with E-state index >= 15 is 0 Å². The molecule has 0 spiro atoms. The fraction of sp³-hybridized carbons (Fsp3) is 0.160. The number of aryl methyl sites for hydroxylation is 1. The van der Waals surface area contributed by atoms with Crippen LogP contribution in [-0.4, -0.2) is 29.6 Å². The van der Waals surface area contributed by atoms with Gasteiger partial charge in [-0.1, -0.05) is 12.1 Å². The Bertz CT molecular complexity index is 1400. The Kier molecular flexibility index (Phi) is 6.63. The molecule has 2 aromatic heterocycles. The third-order valence-electron chi connectivity index (χ3n) is 5.07. The number of benzene rings is 2. The van der Waals surface area contributed by atoms with Gasteiger partial charge in [0.1, 0.15) is 29.5 Å². The van der Waals surface area contributed by atoms with Gasteiger partial charge in [0.25, 0.3) is 5.56 Å². The van der Waals surface area contributed by atoms with E-state index in [0.29, 0.717) is 40.0 Å². The Morgan fingerprint density at radius 3 is 2.62 bits per heavy atom. The number of amides is 2. The number of hydrogen-bond donors (Lipinski definition) is 2. The lowest BCUT2D eigenvalue weighted by atomic mass is 10.2. The van der Waals surface area contributed by atoms with Gasteiger partial charge in [0, 0.05) is 30.1 Å². The van der Waals surface area contributed by atoms with E-state index in [1.54, 1.807) is 61.8 Å². The Balaban J connectivity index is 1.44. The number of carbonyl (C=O) groups excluding carboxylic acids is 1. The van der Waals surface area contributed by atoms with E-state index in [4.69, 9.17) is 14.2 Å². The molecule has 0 aliphatic carbocycles. The molecule has 174 valence electrons. The lowest BCUT2D eigenvalue weighted by Gasteiger charge is -2.13. The molecule has 2 amide bonds. The van der Waals surface area contributed by atoms with Gasteiger partial charge in [-0.05, 0) is 42.8 Å². The molecule has 0 saturated heterocycles. The maximum absolute atomic E-state index is 12.5. The molecular weight excluding hydrogens is 436 g/mol. The smallest absolute Gasteiger partial charge is 0.323 e. The molecule has 4 aromatic rings. The molecule has 0 fully saturated rings. The molecule has 2 aromatic carbocycles. The van der Waals surface area contributed by atoms with Gasteiger partial charge in [-0.25, -0.2) is 9.78 Å². The van der Waals surface area contributed by atoms with Crippen LogP contribution < -0.4 is 30.4 Å². The van der Waals surface area contributed by atoms with Crippen LogP contribution in [-0.2, 0) is 6.61 Å². The molecule has 0 atom stereocenters. The van der Waals surface area contributed by atoms with Gasteiger partial charge in [0.05, 0.1) is 25.6 Å². The first-order valence-electron chi connectivity index (χ1n) is 10.5. The molecule has 9 heteroatoms. The van der Waals surface area contributed by atoms with Crippen molar-refractivity contribution in [2.75, 3.05) is 24.9 Å². The van der Waals surface area contributed by atoms with Crippen LogP contribution in [0.15, 0.2) is 71.7 Å². The first kappa shape index (κ1) is 22.7. The maximum Gasteiger partial charge on any atom is 0.323 e. The molecule has 0 radical (unpaired) electrons. The van der Waals surface area contributed by atoms with Crippen molar-refractivity contribution in [2.24, 2.45) is 0 Å². The fourth-order valence-electron chi connectivity index (χ4n) is 3.40. The van der Waals surface area contributed by atoms with Crippen molar-refractivity contribution < 1.29 is 19.0 Å². The van der Waals surface area contributed by atoms with Crippen molar-refractivity contribution in [1.29, 1.82) is 0 Å². The second-order valence-electron chi connectivity index (χ2n) is 7.43. The summed E-state index contributed by atoms with van der Waals surface area (Å²) in [5.41, 5.74) is 2.82. The number of ether oxygens (including phenoxy) is 3. The SMILES string of the molecule is COc1ccc(OC)c(NC(=O)Nc2cccc(OCc3cc(=O)n4cccc(C)c4n3)c2)c1. The summed E-state index contributed by atoms with van der Waals surface area (Å²) in [4.78, 5) is 29.4. The lowest BCUT2D eigenvalue weighted by molar-refractivity contribution is 0.262. The zero-order chi connectivity index (χ0) is 24.1. The van der Waals surface area contributed by atoms with Gasteiger partial charge in [-0.3, -0.25) is 9.20 Å². The quantitative estimate of drug-likeness (QED) is 0.428. The molecule has 0 saturated carbocycles. The monoisotopic (exact) mass is 460 g/mol. The standard InChI is InChI=1S/C25H24N4O5/c1-16-6-5-11-29-23(30)13-18(26-24(16)29)15-34-20-8-4-7-17(12-20)27-25(31)28-21-14-19(32-2)9-10-22(21)33-3/h4-14H,15H2,1-3H3,(H2,27,28,31). The first-order chi connectivity index (χ1) is 16.5. The van der Waals surface area contributed by atoms with Crippen LogP contribution in [0.25, 0.3) is 5.65 Å². The summed E-state index contributed by atoms with van der Waals surface area (Å²) in [6, 6.07) is 16.7. The number of hydrogen-bond acceptors (Lipinski definition) is 6. The van der Waals surface area contributed by atoms with E-state index in [2.05, 4.69) is 15.6 Å². The van der Waals surface area contributed by atoms with E-state index in [1.807, 2.05) is 13.0 Å². The van der Waals surface area contributed by atoms with Crippen molar-refractivity contribution in [3.05, 3.63) is 88.5 Å². The average molecular weight is 460 g/mol. The second-order valence-corrected chi connectivity index (χ2v) is 7.43. The zero-order valence-corrected chi connectivity index (χ0v) is 19.0. The maximum atomic E-state index is 12.5. The highest BCUT2D eigenvalue weighted by Gasteiger charge is 2.10. The number of methoxy groups -OCH3 is 2. The number of rotatable bonds is 7.